The Balaban J connectivity index is 1.66. The van der Waals surface area contributed by atoms with E-state index in [0.29, 0.717) is 26.3 Å². The highest BCUT2D eigenvalue weighted by molar-refractivity contribution is 8.26. The van der Waals surface area contributed by atoms with E-state index < -0.39 is 5.91 Å². The van der Waals surface area contributed by atoms with E-state index in [1.807, 2.05) is 0 Å². The van der Waals surface area contributed by atoms with Crippen LogP contribution in [0.15, 0.2) is 53.4 Å². The summed E-state index contributed by atoms with van der Waals surface area (Å²) in [6, 6.07) is 13.8. The second-order valence-electron chi connectivity index (χ2n) is 6.40. The predicted molar refractivity (Wildman–Crippen MR) is 119 cm³/mol. The van der Waals surface area contributed by atoms with Gasteiger partial charge in [0.15, 0.2) is 0 Å². The van der Waals surface area contributed by atoms with Crippen LogP contribution in [0, 0.1) is 0 Å². The molecular weight excluding hydrogens is 430 g/mol. The molecular formula is C20H14ClN3O3S2. The van der Waals surface area contributed by atoms with E-state index in [9.17, 15) is 14.4 Å². The van der Waals surface area contributed by atoms with Crippen LogP contribution in [-0.2, 0) is 14.4 Å². The lowest BCUT2D eigenvalue weighted by molar-refractivity contribution is -0.121. The summed E-state index contributed by atoms with van der Waals surface area (Å²) in [5, 5.41) is 3.23. The topological polar surface area (TPSA) is 69.7 Å². The molecule has 4 rings (SSSR count). The van der Waals surface area contributed by atoms with Crippen molar-refractivity contribution < 1.29 is 14.4 Å². The Morgan fingerprint density at radius 2 is 1.90 bits per heavy atom. The maximum absolute atomic E-state index is 13.2. The molecule has 0 atom stereocenters. The summed E-state index contributed by atoms with van der Waals surface area (Å²) in [4.78, 5) is 41.3. The van der Waals surface area contributed by atoms with Gasteiger partial charge in [0.05, 0.1) is 16.2 Å². The number of fused-ring (bicyclic) bond motifs is 1. The smallest absolute Gasteiger partial charge is 0.266 e. The molecule has 0 spiro atoms. The molecule has 2 aromatic carbocycles. The molecule has 0 unspecified atom stereocenters. The Labute approximate surface area is 181 Å². The molecule has 1 saturated heterocycles. The SMILES string of the molecule is CN1C(=O)C(=C2C(=O)N(CC(=O)Nc3cccc(Cl)c3)c3ccccc32)SC1=S. The number of carbonyl (C=O) groups is 3. The van der Waals surface area contributed by atoms with Gasteiger partial charge in [-0.05, 0) is 24.3 Å². The van der Waals surface area contributed by atoms with E-state index in [0.717, 1.165) is 11.8 Å². The van der Waals surface area contributed by atoms with Crippen LogP contribution in [0.5, 0.6) is 0 Å². The van der Waals surface area contributed by atoms with Crippen molar-refractivity contribution in [3.63, 3.8) is 0 Å². The number of hydrogen-bond acceptors (Lipinski definition) is 5. The van der Waals surface area contributed by atoms with Crippen LogP contribution < -0.4 is 10.2 Å². The number of carbonyl (C=O) groups excluding carboxylic acids is 3. The highest BCUT2D eigenvalue weighted by atomic mass is 35.5. The zero-order chi connectivity index (χ0) is 20.7. The van der Waals surface area contributed by atoms with Gasteiger partial charge < -0.3 is 5.32 Å². The van der Waals surface area contributed by atoms with Gasteiger partial charge in [-0.1, -0.05) is 59.8 Å². The number of nitrogens with zero attached hydrogens (tertiary/aromatic N) is 2. The lowest BCUT2D eigenvalue weighted by atomic mass is 10.1. The minimum Gasteiger partial charge on any atom is -0.324 e. The van der Waals surface area contributed by atoms with Gasteiger partial charge >= 0.3 is 0 Å². The first-order chi connectivity index (χ1) is 13.9. The fourth-order valence-corrected chi connectivity index (χ4v) is 4.60. The van der Waals surface area contributed by atoms with Gasteiger partial charge in [0, 0.05) is 23.3 Å². The molecule has 146 valence electrons. The number of rotatable bonds is 3. The number of hydrogen-bond donors (Lipinski definition) is 1. The standard InChI is InChI=1S/C20H14ClN3O3S2/c1-23-19(27)17(29-20(23)28)16-13-7-2-3-8-14(13)24(18(16)26)10-15(25)22-12-6-4-5-11(21)9-12/h2-9H,10H2,1H3,(H,22,25). The zero-order valence-electron chi connectivity index (χ0n) is 15.1. The lowest BCUT2D eigenvalue weighted by Gasteiger charge is -2.16. The average molecular weight is 444 g/mol. The molecule has 6 nitrogen and oxygen atoms in total. The van der Waals surface area contributed by atoms with Gasteiger partial charge in [0.1, 0.15) is 10.9 Å². The number of amides is 3. The monoisotopic (exact) mass is 443 g/mol. The van der Waals surface area contributed by atoms with Crippen LogP contribution in [0.2, 0.25) is 5.02 Å². The third-order valence-corrected chi connectivity index (χ3v) is 6.31. The van der Waals surface area contributed by atoms with Gasteiger partial charge in [-0.2, -0.15) is 0 Å². The van der Waals surface area contributed by atoms with Crippen molar-refractivity contribution in [1.82, 2.24) is 4.90 Å². The summed E-state index contributed by atoms with van der Waals surface area (Å²) in [6.45, 7) is -0.196. The minimum atomic E-state index is -0.401. The van der Waals surface area contributed by atoms with Crippen LogP contribution in [0.3, 0.4) is 0 Å². The summed E-state index contributed by atoms with van der Waals surface area (Å²) in [5.74, 6) is -1.09. The number of thiocarbonyl (C=S) groups is 1. The van der Waals surface area contributed by atoms with Gasteiger partial charge in [-0.25, -0.2) is 0 Å². The lowest BCUT2D eigenvalue weighted by Crippen LogP contribution is -2.35. The molecule has 0 radical (unpaired) electrons. The van der Waals surface area contributed by atoms with E-state index in [2.05, 4.69) is 5.32 Å². The van der Waals surface area contributed by atoms with Crippen molar-refractivity contribution in [3.05, 3.63) is 64.0 Å². The van der Waals surface area contributed by atoms with E-state index in [1.165, 1.54) is 9.80 Å². The highest BCUT2D eigenvalue weighted by Crippen LogP contribution is 2.44. The van der Waals surface area contributed by atoms with Gasteiger partial charge in [0.25, 0.3) is 11.8 Å². The summed E-state index contributed by atoms with van der Waals surface area (Å²) >= 11 is 12.2. The fraction of sp³-hybridized carbons (Fsp3) is 0.100. The van der Waals surface area contributed by atoms with Crippen LogP contribution >= 0.6 is 35.6 Å². The summed E-state index contributed by atoms with van der Waals surface area (Å²) < 4.78 is 0.389. The molecule has 0 aliphatic carbocycles. The van der Waals surface area contributed by atoms with Gasteiger partial charge in [0.2, 0.25) is 5.91 Å². The predicted octanol–water partition coefficient (Wildman–Crippen LogP) is 3.53. The largest absolute Gasteiger partial charge is 0.324 e. The third-order valence-electron chi connectivity index (χ3n) is 4.52. The van der Waals surface area contributed by atoms with Crippen molar-refractivity contribution in [2.24, 2.45) is 0 Å². The molecule has 3 amide bonds. The van der Waals surface area contributed by atoms with Gasteiger partial charge in [-0.15, -0.1) is 0 Å². The second-order valence-corrected chi connectivity index (χ2v) is 8.48. The van der Waals surface area contributed by atoms with Crippen LogP contribution in [0.4, 0.5) is 11.4 Å². The van der Waals surface area contributed by atoms with Crippen molar-refractivity contribution >= 4 is 74.6 Å². The molecule has 29 heavy (non-hydrogen) atoms. The molecule has 1 fully saturated rings. The normalized spacial score (nSPS) is 18.5. The summed E-state index contributed by atoms with van der Waals surface area (Å²) in [7, 11) is 1.58. The average Bonchev–Trinajstić information content (AvgIpc) is 3.10. The van der Waals surface area contributed by atoms with Crippen LogP contribution in [-0.4, -0.2) is 40.5 Å². The first-order valence-corrected chi connectivity index (χ1v) is 10.2. The van der Waals surface area contributed by atoms with Crippen LogP contribution in [0.25, 0.3) is 5.57 Å². The maximum atomic E-state index is 13.2. The number of thioether (sulfide) groups is 1. The number of halogens is 1. The van der Waals surface area contributed by atoms with Crippen molar-refractivity contribution in [2.45, 2.75) is 0 Å². The molecule has 2 aromatic rings. The third kappa shape index (κ3) is 3.55. The summed E-state index contributed by atoms with van der Waals surface area (Å²) in [6.07, 6.45) is 0. The quantitative estimate of drug-likeness (QED) is 0.580. The van der Waals surface area contributed by atoms with Crippen molar-refractivity contribution in [3.8, 4) is 0 Å². The van der Waals surface area contributed by atoms with Crippen molar-refractivity contribution in [1.29, 1.82) is 0 Å². The Morgan fingerprint density at radius 1 is 1.14 bits per heavy atom. The highest BCUT2D eigenvalue weighted by Gasteiger charge is 2.41. The Hall–Kier alpha value is -2.68. The Kier molecular flexibility index (Phi) is 5.16. The van der Waals surface area contributed by atoms with E-state index in [-0.39, 0.29) is 28.8 Å². The molecule has 2 aliphatic rings. The summed E-state index contributed by atoms with van der Waals surface area (Å²) in [5.41, 5.74) is 2.00. The molecule has 0 saturated carbocycles. The number of likely N-dealkylation sites (N-methyl/N-ethyl adjacent to an activating group) is 1. The number of anilines is 2. The van der Waals surface area contributed by atoms with Crippen molar-refractivity contribution in [2.75, 3.05) is 23.8 Å². The number of para-hydroxylation sites is 1. The molecule has 9 heteroatoms. The number of nitrogens with one attached hydrogen (secondary N) is 1. The Morgan fingerprint density at radius 3 is 2.59 bits per heavy atom. The fourth-order valence-electron chi connectivity index (χ4n) is 3.16. The zero-order valence-corrected chi connectivity index (χ0v) is 17.5. The van der Waals surface area contributed by atoms with Gasteiger partial charge in [-0.3, -0.25) is 24.2 Å². The molecule has 0 aromatic heterocycles. The van der Waals surface area contributed by atoms with E-state index in [1.54, 1.807) is 55.6 Å². The first-order valence-electron chi connectivity index (χ1n) is 8.57. The molecule has 2 heterocycles. The number of benzene rings is 2. The van der Waals surface area contributed by atoms with E-state index in [4.69, 9.17) is 23.8 Å². The Bertz CT molecular complexity index is 1120. The van der Waals surface area contributed by atoms with E-state index >= 15 is 0 Å². The molecule has 2 aliphatic heterocycles. The first kappa shape index (κ1) is 19.6. The maximum Gasteiger partial charge on any atom is 0.266 e. The minimum absolute atomic E-state index is 0.196. The molecule has 0 bridgehead atoms. The van der Waals surface area contributed by atoms with Crippen LogP contribution in [0.1, 0.15) is 5.56 Å². The molecule has 1 N–H and O–H groups in total. The second kappa shape index (κ2) is 7.62.